The van der Waals surface area contributed by atoms with Gasteiger partial charge >= 0.3 is 0 Å². The fraction of sp³-hybridized carbons (Fsp3) is 0.625. The summed E-state index contributed by atoms with van der Waals surface area (Å²) in [5.41, 5.74) is 7.58. The third kappa shape index (κ3) is 2.76. The standard InChI is InChI=1S/C16H25N3O/c17-13-16(20)7-11-19(12-8-16)15-5-3-14(4-6-15)18-9-1-2-10-18/h3-6,20H,1-2,7-13,17H2. The summed E-state index contributed by atoms with van der Waals surface area (Å²) in [6, 6.07) is 8.87. The van der Waals surface area contributed by atoms with Gasteiger partial charge in [-0.1, -0.05) is 0 Å². The number of piperidine rings is 1. The summed E-state index contributed by atoms with van der Waals surface area (Å²) in [7, 11) is 0. The summed E-state index contributed by atoms with van der Waals surface area (Å²) in [6.45, 7) is 4.52. The molecular formula is C16H25N3O. The van der Waals surface area contributed by atoms with Gasteiger partial charge in [0, 0.05) is 44.1 Å². The summed E-state index contributed by atoms with van der Waals surface area (Å²) in [5, 5.41) is 10.2. The molecule has 110 valence electrons. The van der Waals surface area contributed by atoms with E-state index in [-0.39, 0.29) is 0 Å². The van der Waals surface area contributed by atoms with Crippen LogP contribution in [-0.4, -0.2) is 43.4 Å². The summed E-state index contributed by atoms with van der Waals surface area (Å²) >= 11 is 0. The van der Waals surface area contributed by atoms with Crippen LogP contribution >= 0.6 is 0 Å². The van der Waals surface area contributed by atoms with E-state index in [1.807, 2.05) is 0 Å². The van der Waals surface area contributed by atoms with Crippen molar-refractivity contribution in [1.82, 2.24) is 0 Å². The van der Waals surface area contributed by atoms with Crippen LogP contribution in [0.2, 0.25) is 0 Å². The van der Waals surface area contributed by atoms with Crippen molar-refractivity contribution in [2.24, 2.45) is 5.73 Å². The molecule has 0 saturated carbocycles. The van der Waals surface area contributed by atoms with Gasteiger partial charge in [-0.15, -0.1) is 0 Å². The molecule has 0 unspecified atom stereocenters. The zero-order valence-electron chi connectivity index (χ0n) is 12.1. The minimum atomic E-state index is -0.647. The minimum absolute atomic E-state index is 0.370. The van der Waals surface area contributed by atoms with E-state index in [1.165, 1.54) is 37.3 Å². The maximum absolute atomic E-state index is 10.2. The van der Waals surface area contributed by atoms with Crippen molar-refractivity contribution >= 4 is 11.4 Å². The van der Waals surface area contributed by atoms with Gasteiger partial charge in [0.25, 0.3) is 0 Å². The topological polar surface area (TPSA) is 52.7 Å². The smallest absolute Gasteiger partial charge is 0.0803 e. The second-order valence-electron chi connectivity index (χ2n) is 6.13. The van der Waals surface area contributed by atoms with E-state index in [1.54, 1.807) is 0 Å². The highest BCUT2D eigenvalue weighted by Crippen LogP contribution is 2.28. The summed E-state index contributed by atoms with van der Waals surface area (Å²) in [6.07, 6.45) is 4.14. The fourth-order valence-corrected chi connectivity index (χ4v) is 3.23. The van der Waals surface area contributed by atoms with Gasteiger partial charge < -0.3 is 20.6 Å². The number of hydrogen-bond acceptors (Lipinski definition) is 4. The zero-order valence-corrected chi connectivity index (χ0v) is 12.1. The third-order valence-corrected chi connectivity index (χ3v) is 4.76. The predicted molar refractivity (Wildman–Crippen MR) is 83.3 cm³/mol. The van der Waals surface area contributed by atoms with Crippen molar-refractivity contribution in [2.45, 2.75) is 31.3 Å². The lowest BCUT2D eigenvalue weighted by molar-refractivity contribution is 0.0250. The van der Waals surface area contributed by atoms with Crippen LogP contribution in [-0.2, 0) is 0 Å². The molecule has 20 heavy (non-hydrogen) atoms. The summed E-state index contributed by atoms with van der Waals surface area (Å²) < 4.78 is 0. The maximum atomic E-state index is 10.2. The Hall–Kier alpha value is -1.26. The van der Waals surface area contributed by atoms with E-state index in [2.05, 4.69) is 34.1 Å². The first-order valence-corrected chi connectivity index (χ1v) is 7.73. The average Bonchev–Trinajstić information content (AvgIpc) is 3.03. The first-order chi connectivity index (χ1) is 9.70. The molecule has 0 radical (unpaired) electrons. The normalized spacial score (nSPS) is 22.3. The lowest BCUT2D eigenvalue weighted by atomic mass is 9.91. The van der Waals surface area contributed by atoms with Crippen LogP contribution in [0.25, 0.3) is 0 Å². The van der Waals surface area contributed by atoms with Crippen molar-refractivity contribution in [3.05, 3.63) is 24.3 Å². The van der Waals surface area contributed by atoms with Crippen molar-refractivity contribution in [3.63, 3.8) is 0 Å². The Morgan fingerprint density at radius 2 is 1.35 bits per heavy atom. The molecule has 2 saturated heterocycles. The van der Waals surface area contributed by atoms with Crippen molar-refractivity contribution in [1.29, 1.82) is 0 Å². The molecule has 0 spiro atoms. The number of rotatable bonds is 3. The molecule has 2 fully saturated rings. The molecular weight excluding hydrogens is 250 g/mol. The monoisotopic (exact) mass is 275 g/mol. The number of anilines is 2. The SMILES string of the molecule is NCC1(O)CCN(c2ccc(N3CCCC3)cc2)CC1. The van der Waals surface area contributed by atoms with E-state index < -0.39 is 5.60 Å². The predicted octanol–water partition coefficient (Wildman–Crippen LogP) is 1.58. The molecule has 3 N–H and O–H groups in total. The number of aliphatic hydroxyl groups is 1. The molecule has 4 nitrogen and oxygen atoms in total. The summed E-state index contributed by atoms with van der Waals surface area (Å²) in [5.74, 6) is 0. The molecule has 4 heteroatoms. The van der Waals surface area contributed by atoms with Crippen molar-refractivity contribution in [3.8, 4) is 0 Å². The van der Waals surface area contributed by atoms with Crippen molar-refractivity contribution in [2.75, 3.05) is 42.5 Å². The number of nitrogens with zero attached hydrogens (tertiary/aromatic N) is 2. The van der Waals surface area contributed by atoms with Gasteiger partial charge in [-0.25, -0.2) is 0 Å². The van der Waals surface area contributed by atoms with Crippen LogP contribution in [0.15, 0.2) is 24.3 Å². The lowest BCUT2D eigenvalue weighted by Crippen LogP contribution is -2.48. The van der Waals surface area contributed by atoms with E-state index in [4.69, 9.17) is 5.73 Å². The largest absolute Gasteiger partial charge is 0.388 e. The molecule has 3 rings (SSSR count). The van der Waals surface area contributed by atoms with Crippen LogP contribution in [0.3, 0.4) is 0 Å². The molecule has 0 amide bonds. The van der Waals surface area contributed by atoms with E-state index in [9.17, 15) is 5.11 Å². The zero-order chi connectivity index (χ0) is 14.0. The van der Waals surface area contributed by atoms with E-state index in [0.717, 1.165) is 25.9 Å². The minimum Gasteiger partial charge on any atom is -0.388 e. The van der Waals surface area contributed by atoms with E-state index in [0.29, 0.717) is 6.54 Å². The molecule has 0 aromatic heterocycles. The number of nitrogens with two attached hydrogens (primary N) is 1. The second kappa shape index (κ2) is 5.62. The average molecular weight is 275 g/mol. The van der Waals surface area contributed by atoms with Gasteiger partial charge in [0.1, 0.15) is 0 Å². The lowest BCUT2D eigenvalue weighted by Gasteiger charge is -2.38. The summed E-state index contributed by atoms with van der Waals surface area (Å²) in [4.78, 5) is 4.80. The van der Waals surface area contributed by atoms with Gasteiger partial charge in [0.15, 0.2) is 0 Å². The van der Waals surface area contributed by atoms with Crippen LogP contribution in [0.1, 0.15) is 25.7 Å². The Bertz CT molecular complexity index is 432. The van der Waals surface area contributed by atoms with Crippen molar-refractivity contribution < 1.29 is 5.11 Å². The molecule has 2 aliphatic heterocycles. The van der Waals surface area contributed by atoms with Crippen LogP contribution in [0.5, 0.6) is 0 Å². The molecule has 0 bridgehead atoms. The van der Waals surface area contributed by atoms with Crippen LogP contribution in [0.4, 0.5) is 11.4 Å². The molecule has 2 aliphatic rings. The first-order valence-electron chi connectivity index (χ1n) is 7.73. The third-order valence-electron chi connectivity index (χ3n) is 4.76. The molecule has 0 atom stereocenters. The van der Waals surface area contributed by atoms with Gasteiger partial charge in [-0.05, 0) is 49.9 Å². The highest BCUT2D eigenvalue weighted by atomic mass is 16.3. The van der Waals surface area contributed by atoms with Gasteiger partial charge in [0.05, 0.1) is 5.60 Å². The number of benzene rings is 1. The van der Waals surface area contributed by atoms with Gasteiger partial charge in [-0.3, -0.25) is 0 Å². The Labute approximate surface area is 121 Å². The first kappa shape index (κ1) is 13.7. The Balaban J connectivity index is 1.63. The quantitative estimate of drug-likeness (QED) is 0.879. The molecule has 1 aromatic carbocycles. The van der Waals surface area contributed by atoms with Gasteiger partial charge in [0.2, 0.25) is 0 Å². The number of hydrogen-bond donors (Lipinski definition) is 2. The molecule has 2 heterocycles. The Morgan fingerprint density at radius 1 is 0.900 bits per heavy atom. The highest BCUT2D eigenvalue weighted by Gasteiger charge is 2.30. The van der Waals surface area contributed by atoms with Crippen LogP contribution in [0, 0.1) is 0 Å². The Kier molecular flexibility index (Phi) is 3.85. The fourth-order valence-electron chi connectivity index (χ4n) is 3.23. The molecule has 0 aliphatic carbocycles. The van der Waals surface area contributed by atoms with Gasteiger partial charge in [-0.2, -0.15) is 0 Å². The van der Waals surface area contributed by atoms with E-state index >= 15 is 0 Å². The second-order valence-corrected chi connectivity index (χ2v) is 6.13. The maximum Gasteiger partial charge on any atom is 0.0803 e. The molecule has 1 aromatic rings. The van der Waals surface area contributed by atoms with Crippen LogP contribution < -0.4 is 15.5 Å². The highest BCUT2D eigenvalue weighted by molar-refractivity contribution is 5.57. The Morgan fingerprint density at radius 3 is 1.80 bits per heavy atom.